The molecule has 0 aliphatic heterocycles. The summed E-state index contributed by atoms with van der Waals surface area (Å²) in [7, 11) is 0. The average Bonchev–Trinajstić information content (AvgIpc) is 2.91. The summed E-state index contributed by atoms with van der Waals surface area (Å²) >= 11 is 6.63. The summed E-state index contributed by atoms with van der Waals surface area (Å²) in [6, 6.07) is 13.2. The van der Waals surface area contributed by atoms with Crippen LogP contribution in [0.5, 0.6) is 5.75 Å². The fourth-order valence-corrected chi connectivity index (χ4v) is 4.70. The number of nitrogens with zero attached hydrogens (tertiary/aromatic N) is 4. The summed E-state index contributed by atoms with van der Waals surface area (Å²) < 4.78 is 20.9. The van der Waals surface area contributed by atoms with Crippen molar-refractivity contribution in [3.05, 3.63) is 101 Å². The second kappa shape index (κ2) is 12.5. The van der Waals surface area contributed by atoms with Crippen LogP contribution in [-0.4, -0.2) is 33.3 Å². The number of aromatic nitrogens is 2. The van der Waals surface area contributed by atoms with Crippen LogP contribution in [0, 0.1) is 15.9 Å². The molecular formula is C27H22Br2FN5O5. The van der Waals surface area contributed by atoms with E-state index in [0.29, 0.717) is 33.2 Å². The summed E-state index contributed by atoms with van der Waals surface area (Å²) in [6.07, 6.45) is 2.02. The molecule has 0 unspecified atom stereocenters. The van der Waals surface area contributed by atoms with E-state index in [-0.39, 0.29) is 27.4 Å². The summed E-state index contributed by atoms with van der Waals surface area (Å²) in [4.78, 5) is 41.4. The van der Waals surface area contributed by atoms with E-state index in [1.807, 2.05) is 13.8 Å². The number of nitro benzene ring substituents is 1. The lowest BCUT2D eigenvalue weighted by Gasteiger charge is -2.14. The van der Waals surface area contributed by atoms with Crippen molar-refractivity contribution in [3.63, 3.8) is 0 Å². The SMILES string of the molecule is CC[C@H](C)c1nc2ccc(Br)cc2c(=O)n1N=Cc1cc(Br)c(OCC(=O)Nc2cccc(F)c2)c([N+](=O)[O-])c1. The zero-order valence-corrected chi connectivity index (χ0v) is 24.4. The first-order chi connectivity index (χ1) is 19.1. The maximum absolute atomic E-state index is 13.4. The van der Waals surface area contributed by atoms with Gasteiger partial charge in [-0.15, -0.1) is 0 Å². The molecule has 1 N–H and O–H groups in total. The van der Waals surface area contributed by atoms with Crippen molar-refractivity contribution in [2.45, 2.75) is 26.2 Å². The molecule has 0 aliphatic rings. The lowest BCUT2D eigenvalue weighted by atomic mass is 10.1. The monoisotopic (exact) mass is 673 g/mol. The number of carbonyl (C=O) groups is 1. The van der Waals surface area contributed by atoms with E-state index in [9.17, 15) is 24.1 Å². The zero-order valence-electron chi connectivity index (χ0n) is 21.2. The summed E-state index contributed by atoms with van der Waals surface area (Å²) in [5, 5.41) is 19.0. The van der Waals surface area contributed by atoms with Crippen LogP contribution >= 0.6 is 31.9 Å². The fraction of sp³-hybridized carbons (Fsp3) is 0.185. The Kier molecular flexibility index (Phi) is 9.05. The topological polar surface area (TPSA) is 129 Å². The molecule has 0 saturated carbocycles. The first kappa shape index (κ1) is 29.0. The van der Waals surface area contributed by atoms with Crippen molar-refractivity contribution in [3.8, 4) is 5.75 Å². The number of halogens is 3. The summed E-state index contributed by atoms with van der Waals surface area (Å²) in [5.41, 5.74) is 0.249. The van der Waals surface area contributed by atoms with Gasteiger partial charge in [-0.1, -0.05) is 35.8 Å². The van der Waals surface area contributed by atoms with Crippen molar-refractivity contribution >= 4 is 66.3 Å². The average molecular weight is 675 g/mol. The van der Waals surface area contributed by atoms with Gasteiger partial charge in [0.25, 0.3) is 11.5 Å². The van der Waals surface area contributed by atoms with Gasteiger partial charge in [0.2, 0.25) is 5.75 Å². The minimum absolute atomic E-state index is 0.0896. The normalized spacial score (nSPS) is 12.0. The van der Waals surface area contributed by atoms with Gasteiger partial charge in [0.15, 0.2) is 6.61 Å². The van der Waals surface area contributed by atoms with Gasteiger partial charge >= 0.3 is 5.69 Å². The van der Waals surface area contributed by atoms with E-state index in [4.69, 9.17) is 4.74 Å². The van der Waals surface area contributed by atoms with Crippen LogP contribution in [0.1, 0.15) is 37.6 Å². The Balaban J connectivity index is 1.64. The van der Waals surface area contributed by atoms with E-state index in [0.717, 1.165) is 6.07 Å². The van der Waals surface area contributed by atoms with E-state index in [1.54, 1.807) is 18.2 Å². The van der Waals surface area contributed by atoms with E-state index in [2.05, 4.69) is 47.3 Å². The van der Waals surface area contributed by atoms with E-state index in [1.165, 1.54) is 41.2 Å². The van der Waals surface area contributed by atoms with Crippen LogP contribution in [0.3, 0.4) is 0 Å². The highest BCUT2D eigenvalue weighted by atomic mass is 79.9. The third-order valence-corrected chi connectivity index (χ3v) is 6.99. The maximum atomic E-state index is 13.4. The van der Waals surface area contributed by atoms with E-state index < -0.39 is 28.9 Å². The van der Waals surface area contributed by atoms with Crippen molar-refractivity contribution in [1.29, 1.82) is 0 Å². The predicted molar refractivity (Wildman–Crippen MR) is 157 cm³/mol. The molecule has 1 atom stereocenters. The number of hydrogen-bond acceptors (Lipinski definition) is 7. The molecule has 10 nitrogen and oxygen atoms in total. The maximum Gasteiger partial charge on any atom is 0.312 e. The lowest BCUT2D eigenvalue weighted by Crippen LogP contribution is -2.23. The molecule has 0 saturated heterocycles. The van der Waals surface area contributed by atoms with Crippen LogP contribution in [0.25, 0.3) is 10.9 Å². The Bertz CT molecular complexity index is 1710. The van der Waals surface area contributed by atoms with Gasteiger partial charge in [0.05, 0.1) is 26.5 Å². The Labute approximate surface area is 244 Å². The molecule has 13 heteroatoms. The minimum Gasteiger partial charge on any atom is -0.476 e. The van der Waals surface area contributed by atoms with Gasteiger partial charge in [0, 0.05) is 27.7 Å². The Hall–Kier alpha value is -3.97. The molecule has 1 amide bonds. The number of hydrogen-bond donors (Lipinski definition) is 1. The highest BCUT2D eigenvalue weighted by Crippen LogP contribution is 2.36. The Morgan fingerprint density at radius 1 is 1.25 bits per heavy atom. The van der Waals surface area contributed by atoms with Gasteiger partial charge in [0.1, 0.15) is 11.6 Å². The first-order valence-electron chi connectivity index (χ1n) is 12.0. The third kappa shape index (κ3) is 6.59. The zero-order chi connectivity index (χ0) is 29.0. The molecule has 206 valence electrons. The predicted octanol–water partition coefficient (Wildman–Crippen LogP) is 6.38. The van der Waals surface area contributed by atoms with Crippen LogP contribution < -0.4 is 15.6 Å². The molecule has 4 aromatic rings. The molecule has 4 rings (SSSR count). The summed E-state index contributed by atoms with van der Waals surface area (Å²) in [6.45, 7) is 3.33. The molecule has 0 fully saturated rings. The number of fused-ring (bicyclic) bond motifs is 1. The second-order valence-electron chi connectivity index (χ2n) is 8.76. The Morgan fingerprint density at radius 2 is 2.02 bits per heavy atom. The molecule has 0 radical (unpaired) electrons. The highest BCUT2D eigenvalue weighted by molar-refractivity contribution is 9.10. The molecule has 0 aliphatic carbocycles. The van der Waals surface area contributed by atoms with Gasteiger partial charge in [-0.05, 0) is 64.8 Å². The number of nitrogens with one attached hydrogen (secondary N) is 1. The number of ether oxygens (including phenoxy) is 1. The second-order valence-corrected chi connectivity index (χ2v) is 10.5. The van der Waals surface area contributed by atoms with Gasteiger partial charge < -0.3 is 10.1 Å². The lowest BCUT2D eigenvalue weighted by molar-refractivity contribution is -0.385. The first-order valence-corrected chi connectivity index (χ1v) is 13.6. The van der Waals surface area contributed by atoms with E-state index >= 15 is 0 Å². The van der Waals surface area contributed by atoms with Crippen molar-refractivity contribution < 1.29 is 18.8 Å². The number of amides is 1. The minimum atomic E-state index is -0.659. The highest BCUT2D eigenvalue weighted by Gasteiger charge is 2.22. The number of benzene rings is 3. The standard InChI is InChI=1S/C27H22Br2FN5O5/c1-3-15(2)26-33-22-8-7-17(28)11-20(22)27(37)34(26)31-13-16-9-21(29)25(23(10-16)35(38)39)40-14-24(36)32-19-6-4-5-18(30)12-19/h4-13,15H,3,14H2,1-2H3,(H,32,36)/t15-/m0/s1. The largest absolute Gasteiger partial charge is 0.476 e. The number of carbonyl (C=O) groups excluding carboxylic acids is 1. The smallest absolute Gasteiger partial charge is 0.312 e. The number of rotatable bonds is 9. The van der Waals surface area contributed by atoms with Crippen LogP contribution in [0.15, 0.2) is 73.4 Å². The third-order valence-electron chi connectivity index (χ3n) is 5.91. The molecular weight excluding hydrogens is 653 g/mol. The molecule has 1 heterocycles. The molecule has 40 heavy (non-hydrogen) atoms. The van der Waals surface area contributed by atoms with Gasteiger partial charge in [-0.2, -0.15) is 9.78 Å². The van der Waals surface area contributed by atoms with Crippen LogP contribution in [0.2, 0.25) is 0 Å². The number of anilines is 1. The quantitative estimate of drug-likeness (QED) is 0.125. The molecule has 3 aromatic carbocycles. The summed E-state index contributed by atoms with van der Waals surface area (Å²) in [5.74, 6) is -0.971. The van der Waals surface area contributed by atoms with Crippen molar-refractivity contribution in [2.24, 2.45) is 5.10 Å². The molecule has 0 bridgehead atoms. The van der Waals surface area contributed by atoms with Crippen LogP contribution in [-0.2, 0) is 4.79 Å². The van der Waals surface area contributed by atoms with Crippen molar-refractivity contribution in [1.82, 2.24) is 9.66 Å². The van der Waals surface area contributed by atoms with Gasteiger partial charge in [-0.3, -0.25) is 19.7 Å². The van der Waals surface area contributed by atoms with Crippen LogP contribution in [0.4, 0.5) is 15.8 Å². The molecule has 0 spiro atoms. The molecule has 1 aromatic heterocycles. The number of nitro groups is 1. The van der Waals surface area contributed by atoms with Crippen molar-refractivity contribution in [2.75, 3.05) is 11.9 Å². The fourth-order valence-electron chi connectivity index (χ4n) is 3.76. The van der Waals surface area contributed by atoms with Gasteiger partial charge in [-0.25, -0.2) is 9.37 Å². The Morgan fingerprint density at radius 3 is 2.73 bits per heavy atom.